The van der Waals surface area contributed by atoms with E-state index in [1.54, 1.807) is 6.07 Å². The van der Waals surface area contributed by atoms with E-state index in [0.29, 0.717) is 23.0 Å². The molecule has 0 radical (unpaired) electrons. The third-order valence-corrected chi connectivity index (χ3v) is 4.57. The molecule has 0 aliphatic carbocycles. The van der Waals surface area contributed by atoms with Gasteiger partial charge in [-0.2, -0.15) is 0 Å². The van der Waals surface area contributed by atoms with Gasteiger partial charge in [-0.05, 0) is 49.9 Å². The van der Waals surface area contributed by atoms with Crippen molar-refractivity contribution >= 4 is 11.6 Å². The summed E-state index contributed by atoms with van der Waals surface area (Å²) in [5.41, 5.74) is 1.01. The molecule has 2 unspecified atom stereocenters. The summed E-state index contributed by atoms with van der Waals surface area (Å²) in [5.74, 6) is 0.416. The Morgan fingerprint density at radius 2 is 2.19 bits per heavy atom. The molecule has 0 bridgehead atoms. The van der Waals surface area contributed by atoms with Crippen LogP contribution in [0, 0.1) is 11.7 Å². The zero-order valence-corrected chi connectivity index (χ0v) is 14.0. The van der Waals surface area contributed by atoms with Gasteiger partial charge in [-0.3, -0.25) is 4.90 Å². The molecule has 1 aliphatic rings. The van der Waals surface area contributed by atoms with Gasteiger partial charge in [0.1, 0.15) is 5.82 Å². The van der Waals surface area contributed by atoms with Crippen LogP contribution in [0.1, 0.15) is 39.2 Å². The molecule has 118 valence electrons. The fourth-order valence-electron chi connectivity index (χ4n) is 3.02. The zero-order valence-electron chi connectivity index (χ0n) is 13.2. The third kappa shape index (κ3) is 4.94. The van der Waals surface area contributed by atoms with Crippen LogP contribution >= 0.6 is 11.6 Å². The lowest BCUT2D eigenvalue weighted by molar-refractivity contribution is 0.189. The largest absolute Gasteiger partial charge is 0.313 e. The zero-order chi connectivity index (χ0) is 15.4. The van der Waals surface area contributed by atoms with Crippen molar-refractivity contribution in [2.45, 2.75) is 52.2 Å². The molecule has 4 heteroatoms. The molecule has 2 atom stereocenters. The number of nitrogens with zero attached hydrogens (tertiary/aromatic N) is 1. The minimum atomic E-state index is -0.271. The van der Waals surface area contributed by atoms with Crippen LogP contribution in [0.15, 0.2) is 18.2 Å². The molecule has 1 saturated heterocycles. The van der Waals surface area contributed by atoms with Gasteiger partial charge in [0.2, 0.25) is 0 Å². The van der Waals surface area contributed by atoms with E-state index in [0.717, 1.165) is 31.6 Å². The second-order valence-electron chi connectivity index (χ2n) is 6.58. The van der Waals surface area contributed by atoms with Crippen molar-refractivity contribution < 1.29 is 4.39 Å². The molecule has 2 rings (SSSR count). The summed E-state index contributed by atoms with van der Waals surface area (Å²) < 4.78 is 13.2. The first kappa shape index (κ1) is 16.7. The van der Waals surface area contributed by atoms with E-state index < -0.39 is 0 Å². The molecule has 21 heavy (non-hydrogen) atoms. The van der Waals surface area contributed by atoms with Gasteiger partial charge in [-0.15, -0.1) is 0 Å². The number of halogens is 2. The predicted molar refractivity (Wildman–Crippen MR) is 87.1 cm³/mol. The second kappa shape index (κ2) is 7.57. The SMILES string of the molecule is CC(C)CC1CN(Cc2ccc(F)cc2Cl)C(C)CCN1. The standard InChI is InChI=1S/C17H26ClFN2/c1-12(2)8-16-11-21(13(3)6-7-20-16)10-14-4-5-15(19)9-17(14)18/h4-5,9,12-13,16,20H,6-8,10-11H2,1-3H3. The van der Waals surface area contributed by atoms with Crippen LogP contribution in [0.5, 0.6) is 0 Å². The summed E-state index contributed by atoms with van der Waals surface area (Å²) in [6, 6.07) is 5.74. The van der Waals surface area contributed by atoms with Crippen molar-refractivity contribution in [2.24, 2.45) is 5.92 Å². The van der Waals surface area contributed by atoms with Gasteiger partial charge in [0, 0.05) is 30.2 Å². The third-order valence-electron chi connectivity index (χ3n) is 4.22. The van der Waals surface area contributed by atoms with E-state index in [4.69, 9.17) is 11.6 Å². The summed E-state index contributed by atoms with van der Waals surface area (Å²) in [7, 11) is 0. The lowest BCUT2D eigenvalue weighted by Gasteiger charge is -2.30. The average Bonchev–Trinajstić information content (AvgIpc) is 2.55. The van der Waals surface area contributed by atoms with Crippen molar-refractivity contribution in [1.82, 2.24) is 10.2 Å². The lowest BCUT2D eigenvalue weighted by Crippen LogP contribution is -2.40. The van der Waals surface area contributed by atoms with Gasteiger partial charge in [0.05, 0.1) is 0 Å². The molecule has 2 nitrogen and oxygen atoms in total. The molecule has 1 N–H and O–H groups in total. The normalized spacial score (nSPS) is 24.3. The highest BCUT2D eigenvalue weighted by Crippen LogP contribution is 2.22. The summed E-state index contributed by atoms with van der Waals surface area (Å²) in [6.45, 7) is 9.65. The van der Waals surface area contributed by atoms with Gasteiger partial charge in [0.25, 0.3) is 0 Å². The number of rotatable bonds is 4. The molecule has 1 fully saturated rings. The predicted octanol–water partition coefficient (Wildman–Crippen LogP) is 4.08. The van der Waals surface area contributed by atoms with Crippen LogP contribution in [0.25, 0.3) is 0 Å². The summed E-state index contributed by atoms with van der Waals surface area (Å²) in [5, 5.41) is 4.18. The van der Waals surface area contributed by atoms with Gasteiger partial charge < -0.3 is 5.32 Å². The number of benzene rings is 1. The minimum Gasteiger partial charge on any atom is -0.313 e. The van der Waals surface area contributed by atoms with Gasteiger partial charge in [0.15, 0.2) is 0 Å². The Hall–Kier alpha value is -0.640. The summed E-state index contributed by atoms with van der Waals surface area (Å²) in [4.78, 5) is 2.46. The van der Waals surface area contributed by atoms with Gasteiger partial charge in [-0.25, -0.2) is 4.39 Å². The summed E-state index contributed by atoms with van der Waals surface area (Å²) >= 11 is 6.18. The highest BCUT2D eigenvalue weighted by atomic mass is 35.5. The maximum Gasteiger partial charge on any atom is 0.124 e. The molecular formula is C17H26ClFN2. The maximum atomic E-state index is 13.2. The van der Waals surface area contributed by atoms with E-state index in [1.807, 2.05) is 0 Å². The van der Waals surface area contributed by atoms with Crippen molar-refractivity contribution in [3.8, 4) is 0 Å². The Labute approximate surface area is 132 Å². The molecule has 0 aromatic heterocycles. The molecule has 1 aromatic rings. The summed E-state index contributed by atoms with van der Waals surface area (Å²) in [6.07, 6.45) is 2.31. The number of hydrogen-bond donors (Lipinski definition) is 1. The fourth-order valence-corrected chi connectivity index (χ4v) is 3.25. The van der Waals surface area contributed by atoms with Crippen LogP contribution in [-0.2, 0) is 6.54 Å². The quantitative estimate of drug-likeness (QED) is 0.901. The van der Waals surface area contributed by atoms with Crippen LogP contribution in [-0.4, -0.2) is 30.1 Å². The maximum absolute atomic E-state index is 13.2. The first-order valence-corrected chi connectivity index (χ1v) is 8.25. The number of hydrogen-bond acceptors (Lipinski definition) is 2. The molecule has 1 aromatic carbocycles. The molecular weight excluding hydrogens is 287 g/mol. The van der Waals surface area contributed by atoms with E-state index in [2.05, 4.69) is 31.0 Å². The molecule has 0 spiro atoms. The van der Waals surface area contributed by atoms with E-state index >= 15 is 0 Å². The van der Waals surface area contributed by atoms with E-state index in [9.17, 15) is 4.39 Å². The molecule has 0 saturated carbocycles. The van der Waals surface area contributed by atoms with Crippen molar-refractivity contribution in [3.63, 3.8) is 0 Å². The van der Waals surface area contributed by atoms with E-state index in [1.165, 1.54) is 18.6 Å². The van der Waals surface area contributed by atoms with Crippen LogP contribution in [0.2, 0.25) is 5.02 Å². The van der Waals surface area contributed by atoms with Crippen LogP contribution in [0.3, 0.4) is 0 Å². The van der Waals surface area contributed by atoms with Gasteiger partial charge >= 0.3 is 0 Å². The first-order valence-electron chi connectivity index (χ1n) is 7.87. The molecule has 1 aliphatic heterocycles. The Balaban J connectivity index is 2.07. The van der Waals surface area contributed by atoms with E-state index in [-0.39, 0.29) is 5.82 Å². The van der Waals surface area contributed by atoms with Gasteiger partial charge in [-0.1, -0.05) is 31.5 Å². The monoisotopic (exact) mass is 312 g/mol. The van der Waals surface area contributed by atoms with Crippen LogP contribution < -0.4 is 5.32 Å². The second-order valence-corrected chi connectivity index (χ2v) is 6.99. The highest BCUT2D eigenvalue weighted by Gasteiger charge is 2.24. The smallest absolute Gasteiger partial charge is 0.124 e. The van der Waals surface area contributed by atoms with Crippen LogP contribution in [0.4, 0.5) is 4.39 Å². The average molecular weight is 313 g/mol. The highest BCUT2D eigenvalue weighted by molar-refractivity contribution is 6.31. The molecule has 0 amide bonds. The molecule has 1 heterocycles. The van der Waals surface area contributed by atoms with Crippen molar-refractivity contribution in [1.29, 1.82) is 0 Å². The Kier molecular flexibility index (Phi) is 6.03. The first-order chi connectivity index (χ1) is 9.95. The van der Waals surface area contributed by atoms with Crippen molar-refractivity contribution in [3.05, 3.63) is 34.6 Å². The lowest BCUT2D eigenvalue weighted by atomic mass is 10.0. The Morgan fingerprint density at radius 1 is 1.43 bits per heavy atom. The number of nitrogens with one attached hydrogen (secondary N) is 1. The fraction of sp³-hybridized carbons (Fsp3) is 0.647. The Bertz CT molecular complexity index is 464. The van der Waals surface area contributed by atoms with Crippen molar-refractivity contribution in [2.75, 3.05) is 13.1 Å². The topological polar surface area (TPSA) is 15.3 Å². The minimum absolute atomic E-state index is 0.271. The Morgan fingerprint density at radius 3 is 2.86 bits per heavy atom.